The molecule has 1 fully saturated rings. The number of nitrogens with zero attached hydrogens (tertiary/aromatic N) is 5. The van der Waals surface area contributed by atoms with Gasteiger partial charge in [0.15, 0.2) is 5.82 Å². The number of sulfonamides is 1. The van der Waals surface area contributed by atoms with Gasteiger partial charge in [0.05, 0.1) is 11.1 Å². The molecule has 3 aromatic rings. The van der Waals surface area contributed by atoms with E-state index in [2.05, 4.69) is 24.5 Å². The second-order valence-corrected chi connectivity index (χ2v) is 11.4. The number of aryl methyl sites for hydroxylation is 1. The van der Waals surface area contributed by atoms with Crippen molar-refractivity contribution >= 4 is 44.7 Å². The highest BCUT2D eigenvalue weighted by Gasteiger charge is 2.31. The van der Waals surface area contributed by atoms with Gasteiger partial charge < -0.3 is 14.7 Å². The van der Waals surface area contributed by atoms with Crippen LogP contribution in [0.15, 0.2) is 66.0 Å². The molecule has 3 heterocycles. The number of hydrogen-bond donors (Lipinski definition) is 1. The molecule has 1 aromatic heterocycles. The fourth-order valence-corrected chi connectivity index (χ4v) is 6.15. The molecule has 1 amide bonds. The topological polar surface area (TPSA) is 98.7 Å². The van der Waals surface area contributed by atoms with Crippen LogP contribution in [-0.2, 0) is 21.2 Å². The van der Waals surface area contributed by atoms with E-state index in [9.17, 15) is 13.2 Å². The van der Waals surface area contributed by atoms with Crippen molar-refractivity contribution in [2.45, 2.75) is 30.7 Å². The number of aromatic nitrogens is 2. The number of amides is 1. The maximum Gasteiger partial charge on any atom is 0.263 e. The first-order chi connectivity index (χ1) is 17.8. The summed E-state index contributed by atoms with van der Waals surface area (Å²) >= 11 is 6.18. The Kier molecular flexibility index (Phi) is 7.21. The lowest BCUT2D eigenvalue weighted by atomic mass is 10.00. The van der Waals surface area contributed by atoms with E-state index in [0.717, 1.165) is 35.8 Å². The standard InChI is InChI=1S/C26H29ClN6O3S/c1-19(33-12-2-3-20-17-21(27)4-9-24(20)33)26(34)32-15-13-31(14-16-32)22-5-7-23(8-6-22)37(35,36)30-25-18-28-10-11-29-25/h4-11,17-19H,2-3,12-16H2,1H3,(H,29,30)/t19-/m1/s1. The lowest BCUT2D eigenvalue weighted by Gasteiger charge is -2.41. The minimum absolute atomic E-state index is 0.124. The molecule has 0 bridgehead atoms. The summed E-state index contributed by atoms with van der Waals surface area (Å²) in [5, 5.41) is 0.725. The lowest BCUT2D eigenvalue weighted by molar-refractivity contribution is -0.132. The van der Waals surface area contributed by atoms with Crippen molar-refractivity contribution < 1.29 is 13.2 Å². The summed E-state index contributed by atoms with van der Waals surface area (Å²) in [5.41, 5.74) is 3.21. The van der Waals surface area contributed by atoms with Crippen LogP contribution in [0.25, 0.3) is 0 Å². The number of carbonyl (C=O) groups is 1. The molecule has 0 spiro atoms. The molecule has 9 nitrogen and oxygen atoms in total. The lowest BCUT2D eigenvalue weighted by Crippen LogP contribution is -2.55. The van der Waals surface area contributed by atoms with Crippen molar-refractivity contribution in [1.29, 1.82) is 0 Å². The number of benzene rings is 2. The zero-order valence-corrected chi connectivity index (χ0v) is 22.1. The summed E-state index contributed by atoms with van der Waals surface area (Å²) in [5.74, 6) is 0.289. The third-order valence-electron chi connectivity index (χ3n) is 6.93. The predicted molar refractivity (Wildman–Crippen MR) is 145 cm³/mol. The number of fused-ring (bicyclic) bond motifs is 1. The molecule has 0 saturated carbocycles. The molecule has 194 valence electrons. The molecular weight excluding hydrogens is 512 g/mol. The molecule has 1 atom stereocenters. The van der Waals surface area contributed by atoms with Crippen LogP contribution in [0.1, 0.15) is 18.9 Å². The summed E-state index contributed by atoms with van der Waals surface area (Å²) in [7, 11) is -3.76. The van der Waals surface area contributed by atoms with E-state index in [0.29, 0.717) is 26.2 Å². The molecule has 0 radical (unpaired) electrons. The Bertz CT molecular complexity index is 1360. The number of carbonyl (C=O) groups excluding carboxylic acids is 1. The fraction of sp³-hybridized carbons (Fsp3) is 0.346. The average molecular weight is 541 g/mol. The van der Waals surface area contributed by atoms with E-state index in [1.165, 1.54) is 24.2 Å². The van der Waals surface area contributed by atoms with Gasteiger partial charge in [-0.15, -0.1) is 0 Å². The summed E-state index contributed by atoms with van der Waals surface area (Å²) in [6.45, 7) is 5.40. The van der Waals surface area contributed by atoms with Gasteiger partial charge in [-0.2, -0.15) is 0 Å². The number of piperazine rings is 1. The quantitative estimate of drug-likeness (QED) is 0.511. The van der Waals surface area contributed by atoms with Gasteiger partial charge in [-0.25, -0.2) is 13.4 Å². The van der Waals surface area contributed by atoms with Gasteiger partial charge in [0, 0.05) is 61.5 Å². The zero-order chi connectivity index (χ0) is 26.0. The molecule has 1 saturated heterocycles. The van der Waals surface area contributed by atoms with Gasteiger partial charge in [0.1, 0.15) is 6.04 Å². The van der Waals surface area contributed by atoms with E-state index in [1.54, 1.807) is 24.3 Å². The predicted octanol–water partition coefficient (Wildman–Crippen LogP) is 3.42. The molecule has 2 aromatic carbocycles. The van der Waals surface area contributed by atoms with Crippen molar-refractivity contribution in [2.24, 2.45) is 0 Å². The van der Waals surface area contributed by atoms with Crippen LogP contribution in [0.5, 0.6) is 0 Å². The maximum atomic E-state index is 13.4. The van der Waals surface area contributed by atoms with Crippen molar-refractivity contribution in [2.75, 3.05) is 47.2 Å². The minimum Gasteiger partial charge on any atom is -0.368 e. The second-order valence-electron chi connectivity index (χ2n) is 9.25. The summed E-state index contributed by atoms with van der Waals surface area (Å²) in [4.78, 5) is 27.6. The smallest absolute Gasteiger partial charge is 0.263 e. The first kappa shape index (κ1) is 25.3. The number of halogens is 1. The highest BCUT2D eigenvalue weighted by molar-refractivity contribution is 7.92. The summed E-state index contributed by atoms with van der Waals surface area (Å²) < 4.78 is 27.7. The highest BCUT2D eigenvalue weighted by Crippen LogP contribution is 2.31. The number of anilines is 3. The van der Waals surface area contributed by atoms with Crippen molar-refractivity contribution in [3.63, 3.8) is 0 Å². The van der Waals surface area contributed by atoms with Crippen molar-refractivity contribution in [3.8, 4) is 0 Å². The second kappa shape index (κ2) is 10.5. The van der Waals surface area contributed by atoms with E-state index >= 15 is 0 Å². The van der Waals surface area contributed by atoms with Crippen LogP contribution >= 0.6 is 11.6 Å². The number of nitrogens with one attached hydrogen (secondary N) is 1. The molecule has 0 aliphatic carbocycles. The third kappa shape index (κ3) is 5.50. The summed E-state index contributed by atoms with van der Waals surface area (Å²) in [6, 6.07) is 12.4. The van der Waals surface area contributed by atoms with Crippen LogP contribution < -0.4 is 14.5 Å². The molecule has 5 rings (SSSR count). The molecule has 0 unspecified atom stereocenters. The molecule has 37 heavy (non-hydrogen) atoms. The Morgan fingerprint density at radius 2 is 1.78 bits per heavy atom. The third-order valence-corrected chi connectivity index (χ3v) is 8.53. The van der Waals surface area contributed by atoms with E-state index < -0.39 is 10.0 Å². The summed E-state index contributed by atoms with van der Waals surface area (Å²) in [6.07, 6.45) is 6.23. The Morgan fingerprint density at radius 3 is 2.49 bits per heavy atom. The number of hydrogen-bond acceptors (Lipinski definition) is 7. The van der Waals surface area contributed by atoms with Crippen LogP contribution in [0.3, 0.4) is 0 Å². The Morgan fingerprint density at radius 1 is 1.03 bits per heavy atom. The Hall–Kier alpha value is -3.37. The largest absolute Gasteiger partial charge is 0.368 e. The molecule has 2 aliphatic heterocycles. The van der Waals surface area contributed by atoms with Crippen LogP contribution in [0, 0.1) is 0 Å². The van der Waals surface area contributed by atoms with Crippen molar-refractivity contribution in [1.82, 2.24) is 14.9 Å². The van der Waals surface area contributed by atoms with Gasteiger partial charge in [-0.3, -0.25) is 14.5 Å². The first-order valence-electron chi connectivity index (χ1n) is 12.3. The van der Waals surface area contributed by atoms with Gasteiger partial charge in [-0.05, 0) is 67.8 Å². The maximum absolute atomic E-state index is 13.4. The SMILES string of the molecule is C[C@H](C(=O)N1CCN(c2ccc(S(=O)(=O)Nc3cnccn3)cc2)CC1)N1CCCc2cc(Cl)ccc21. The van der Waals surface area contributed by atoms with E-state index in [1.807, 2.05) is 30.0 Å². The molecule has 1 N–H and O–H groups in total. The van der Waals surface area contributed by atoms with Gasteiger partial charge in [-0.1, -0.05) is 11.6 Å². The molecular formula is C26H29ClN6O3S. The van der Waals surface area contributed by atoms with E-state index in [-0.39, 0.29) is 22.7 Å². The van der Waals surface area contributed by atoms with Gasteiger partial charge in [0.25, 0.3) is 10.0 Å². The zero-order valence-electron chi connectivity index (χ0n) is 20.5. The monoisotopic (exact) mass is 540 g/mol. The number of rotatable bonds is 6. The fourth-order valence-electron chi connectivity index (χ4n) is 4.96. The van der Waals surface area contributed by atoms with Crippen LogP contribution in [0.2, 0.25) is 5.02 Å². The average Bonchev–Trinajstić information content (AvgIpc) is 2.92. The Labute approximate surface area is 222 Å². The Balaban J connectivity index is 1.19. The van der Waals surface area contributed by atoms with Gasteiger partial charge in [0.2, 0.25) is 5.91 Å². The van der Waals surface area contributed by atoms with Crippen LogP contribution in [-0.4, -0.2) is 68.0 Å². The molecule has 11 heteroatoms. The van der Waals surface area contributed by atoms with Crippen LogP contribution in [0.4, 0.5) is 17.2 Å². The first-order valence-corrected chi connectivity index (χ1v) is 14.2. The van der Waals surface area contributed by atoms with Crippen molar-refractivity contribution in [3.05, 3.63) is 71.6 Å². The van der Waals surface area contributed by atoms with E-state index in [4.69, 9.17) is 11.6 Å². The molecule has 2 aliphatic rings. The minimum atomic E-state index is -3.76. The van der Waals surface area contributed by atoms with Gasteiger partial charge >= 0.3 is 0 Å². The normalized spacial score (nSPS) is 16.8. The highest BCUT2D eigenvalue weighted by atomic mass is 35.5.